The number of carbonyl (C=O) groups is 1. The Kier molecular flexibility index (Phi) is 5.30. The van der Waals surface area contributed by atoms with Crippen LogP contribution < -0.4 is 10.6 Å². The molecule has 1 amide bonds. The summed E-state index contributed by atoms with van der Waals surface area (Å²) in [6, 6.07) is 3.49. The third-order valence-electron chi connectivity index (χ3n) is 3.27. The predicted molar refractivity (Wildman–Crippen MR) is 78.5 cm³/mol. The molecule has 0 aliphatic rings. The second kappa shape index (κ2) is 6.52. The Morgan fingerprint density at radius 3 is 2.68 bits per heavy atom. The molecule has 0 spiro atoms. The van der Waals surface area contributed by atoms with Gasteiger partial charge in [-0.05, 0) is 47.0 Å². The SMILES string of the molecule is CCNc1cc(C(=O)NCC(C)(C)N(C)C)ccn1. The average molecular weight is 264 g/mol. The molecule has 0 fully saturated rings. The Bertz CT molecular complexity index is 429. The molecular formula is C14H24N4O. The number of nitrogens with one attached hydrogen (secondary N) is 2. The lowest BCUT2D eigenvalue weighted by Crippen LogP contribution is -2.48. The molecule has 0 aliphatic heterocycles. The third-order valence-corrected chi connectivity index (χ3v) is 3.27. The number of nitrogens with zero attached hydrogens (tertiary/aromatic N) is 2. The fourth-order valence-corrected chi connectivity index (χ4v) is 1.41. The second-order valence-corrected chi connectivity index (χ2v) is 5.35. The zero-order valence-electron chi connectivity index (χ0n) is 12.4. The molecule has 0 saturated carbocycles. The normalized spacial score (nSPS) is 11.5. The van der Waals surface area contributed by atoms with Crippen LogP contribution in [0.3, 0.4) is 0 Å². The van der Waals surface area contributed by atoms with E-state index in [-0.39, 0.29) is 11.4 Å². The van der Waals surface area contributed by atoms with Crippen molar-refractivity contribution in [2.75, 3.05) is 32.5 Å². The summed E-state index contributed by atoms with van der Waals surface area (Å²) in [4.78, 5) is 18.3. The van der Waals surface area contributed by atoms with E-state index in [1.807, 2.05) is 21.0 Å². The summed E-state index contributed by atoms with van der Waals surface area (Å²) in [7, 11) is 4.00. The lowest BCUT2D eigenvalue weighted by Gasteiger charge is -2.32. The van der Waals surface area contributed by atoms with E-state index in [1.54, 1.807) is 18.3 Å². The summed E-state index contributed by atoms with van der Waals surface area (Å²) in [5, 5.41) is 6.05. The molecule has 1 aromatic heterocycles. The van der Waals surface area contributed by atoms with Crippen molar-refractivity contribution in [2.45, 2.75) is 26.3 Å². The van der Waals surface area contributed by atoms with Crippen LogP contribution in [0.2, 0.25) is 0 Å². The fourth-order valence-electron chi connectivity index (χ4n) is 1.41. The van der Waals surface area contributed by atoms with Gasteiger partial charge in [-0.3, -0.25) is 4.79 Å². The number of hydrogen-bond acceptors (Lipinski definition) is 4. The molecule has 1 heterocycles. The van der Waals surface area contributed by atoms with Crippen LogP contribution >= 0.6 is 0 Å². The minimum absolute atomic E-state index is 0.0727. The quantitative estimate of drug-likeness (QED) is 0.819. The molecule has 0 unspecified atom stereocenters. The Morgan fingerprint density at radius 1 is 1.42 bits per heavy atom. The molecule has 5 heteroatoms. The standard InChI is InChI=1S/C14H24N4O/c1-6-15-12-9-11(7-8-16-12)13(19)17-10-14(2,3)18(4)5/h7-9H,6,10H2,1-5H3,(H,15,16)(H,17,19). The van der Waals surface area contributed by atoms with Crippen molar-refractivity contribution in [3.8, 4) is 0 Å². The van der Waals surface area contributed by atoms with Crippen LogP contribution in [0.15, 0.2) is 18.3 Å². The number of pyridine rings is 1. The first-order valence-corrected chi connectivity index (χ1v) is 6.52. The van der Waals surface area contributed by atoms with Gasteiger partial charge in [-0.15, -0.1) is 0 Å². The molecule has 0 saturated heterocycles. The summed E-state index contributed by atoms with van der Waals surface area (Å²) in [5.41, 5.74) is 0.549. The van der Waals surface area contributed by atoms with Gasteiger partial charge in [0.05, 0.1) is 0 Å². The summed E-state index contributed by atoms with van der Waals surface area (Å²) < 4.78 is 0. The van der Waals surface area contributed by atoms with Crippen molar-refractivity contribution in [3.05, 3.63) is 23.9 Å². The van der Waals surface area contributed by atoms with E-state index in [2.05, 4.69) is 34.4 Å². The van der Waals surface area contributed by atoms with Crippen molar-refractivity contribution in [3.63, 3.8) is 0 Å². The molecule has 0 radical (unpaired) electrons. The summed E-state index contributed by atoms with van der Waals surface area (Å²) in [6.07, 6.45) is 1.64. The first kappa shape index (κ1) is 15.4. The maximum atomic E-state index is 12.1. The van der Waals surface area contributed by atoms with Crippen LogP contribution in [-0.2, 0) is 0 Å². The third kappa shape index (κ3) is 4.52. The maximum Gasteiger partial charge on any atom is 0.251 e. The Hall–Kier alpha value is -1.62. The van der Waals surface area contributed by atoms with Crippen LogP contribution in [0.5, 0.6) is 0 Å². The largest absolute Gasteiger partial charge is 0.370 e. The molecule has 0 bridgehead atoms. The van der Waals surface area contributed by atoms with Gasteiger partial charge in [0.2, 0.25) is 0 Å². The van der Waals surface area contributed by atoms with Crippen molar-refractivity contribution in [1.82, 2.24) is 15.2 Å². The van der Waals surface area contributed by atoms with Crippen LogP contribution in [0.1, 0.15) is 31.1 Å². The van der Waals surface area contributed by atoms with Gasteiger partial charge in [0.1, 0.15) is 5.82 Å². The van der Waals surface area contributed by atoms with E-state index < -0.39 is 0 Å². The number of likely N-dealkylation sites (N-methyl/N-ethyl adjacent to an activating group) is 1. The van der Waals surface area contributed by atoms with Crippen LogP contribution in [0, 0.1) is 0 Å². The minimum Gasteiger partial charge on any atom is -0.370 e. The molecule has 1 aromatic rings. The number of amides is 1. The van der Waals surface area contributed by atoms with E-state index in [0.717, 1.165) is 12.4 Å². The van der Waals surface area contributed by atoms with Crippen molar-refractivity contribution >= 4 is 11.7 Å². The van der Waals surface area contributed by atoms with Crippen LogP contribution in [0.25, 0.3) is 0 Å². The Balaban J connectivity index is 2.66. The highest BCUT2D eigenvalue weighted by atomic mass is 16.1. The highest BCUT2D eigenvalue weighted by Gasteiger charge is 2.21. The van der Waals surface area contributed by atoms with Gasteiger partial charge in [-0.25, -0.2) is 4.98 Å². The zero-order chi connectivity index (χ0) is 14.5. The summed E-state index contributed by atoms with van der Waals surface area (Å²) in [6.45, 7) is 7.55. The summed E-state index contributed by atoms with van der Waals surface area (Å²) >= 11 is 0. The number of hydrogen-bond donors (Lipinski definition) is 2. The van der Waals surface area contributed by atoms with E-state index in [9.17, 15) is 4.79 Å². The smallest absolute Gasteiger partial charge is 0.251 e. The van der Waals surface area contributed by atoms with Gasteiger partial charge in [0, 0.05) is 30.4 Å². The van der Waals surface area contributed by atoms with E-state index >= 15 is 0 Å². The van der Waals surface area contributed by atoms with Gasteiger partial charge < -0.3 is 15.5 Å². The van der Waals surface area contributed by atoms with E-state index in [0.29, 0.717) is 12.1 Å². The number of carbonyl (C=O) groups excluding carboxylic acids is 1. The molecule has 19 heavy (non-hydrogen) atoms. The fraction of sp³-hybridized carbons (Fsp3) is 0.571. The second-order valence-electron chi connectivity index (χ2n) is 5.35. The van der Waals surface area contributed by atoms with Gasteiger partial charge >= 0.3 is 0 Å². The van der Waals surface area contributed by atoms with Crippen LogP contribution in [-0.4, -0.2) is 48.5 Å². The number of rotatable bonds is 6. The number of aromatic nitrogens is 1. The molecule has 0 atom stereocenters. The van der Waals surface area contributed by atoms with Crippen molar-refractivity contribution in [1.29, 1.82) is 0 Å². The predicted octanol–water partition coefficient (Wildman–Crippen LogP) is 1.58. The molecule has 1 rings (SSSR count). The Morgan fingerprint density at radius 2 is 2.11 bits per heavy atom. The lowest BCUT2D eigenvalue weighted by molar-refractivity contribution is 0.0919. The number of anilines is 1. The molecule has 2 N–H and O–H groups in total. The molecular weight excluding hydrogens is 240 g/mol. The molecule has 5 nitrogen and oxygen atoms in total. The Labute approximate surface area is 115 Å². The molecule has 106 valence electrons. The monoisotopic (exact) mass is 264 g/mol. The first-order chi connectivity index (χ1) is 8.86. The van der Waals surface area contributed by atoms with Gasteiger partial charge in [0.15, 0.2) is 0 Å². The molecule has 0 aromatic carbocycles. The minimum atomic E-state index is -0.0762. The van der Waals surface area contributed by atoms with Crippen molar-refractivity contribution in [2.24, 2.45) is 0 Å². The van der Waals surface area contributed by atoms with Gasteiger partial charge in [-0.2, -0.15) is 0 Å². The van der Waals surface area contributed by atoms with Gasteiger partial charge in [0.25, 0.3) is 5.91 Å². The maximum absolute atomic E-state index is 12.1. The zero-order valence-corrected chi connectivity index (χ0v) is 12.4. The lowest BCUT2D eigenvalue weighted by atomic mass is 10.0. The highest BCUT2D eigenvalue weighted by Crippen LogP contribution is 2.10. The first-order valence-electron chi connectivity index (χ1n) is 6.52. The van der Waals surface area contributed by atoms with Crippen LogP contribution in [0.4, 0.5) is 5.82 Å². The highest BCUT2D eigenvalue weighted by molar-refractivity contribution is 5.94. The van der Waals surface area contributed by atoms with Gasteiger partial charge in [-0.1, -0.05) is 0 Å². The average Bonchev–Trinajstić information content (AvgIpc) is 2.36. The topological polar surface area (TPSA) is 57.3 Å². The van der Waals surface area contributed by atoms with Crippen molar-refractivity contribution < 1.29 is 4.79 Å². The van der Waals surface area contributed by atoms with E-state index in [4.69, 9.17) is 0 Å². The summed E-state index contributed by atoms with van der Waals surface area (Å²) in [5.74, 6) is 0.651. The van der Waals surface area contributed by atoms with E-state index in [1.165, 1.54) is 0 Å². The molecule has 0 aliphatic carbocycles.